The molecule has 0 aromatic carbocycles. The lowest BCUT2D eigenvalue weighted by Gasteiger charge is -2.09. The zero-order chi connectivity index (χ0) is 18.3. The van der Waals surface area contributed by atoms with Gasteiger partial charge < -0.3 is 5.11 Å². The van der Waals surface area contributed by atoms with Crippen molar-refractivity contribution in [3.63, 3.8) is 0 Å². The predicted molar refractivity (Wildman–Crippen MR) is 100.0 cm³/mol. The Morgan fingerprint density at radius 3 is 2.81 bits per heavy atom. The normalized spacial score (nSPS) is 11.2. The van der Waals surface area contributed by atoms with Gasteiger partial charge in [-0.05, 0) is 18.2 Å². The van der Waals surface area contributed by atoms with E-state index < -0.39 is 0 Å². The second-order valence-corrected chi connectivity index (χ2v) is 7.55. The second kappa shape index (κ2) is 6.68. The molecule has 0 amide bonds. The first kappa shape index (κ1) is 17.0. The Hall–Kier alpha value is -2.48. The van der Waals surface area contributed by atoms with E-state index >= 15 is 0 Å². The first-order chi connectivity index (χ1) is 12.5. The van der Waals surface area contributed by atoms with E-state index in [-0.39, 0.29) is 22.2 Å². The quantitative estimate of drug-likeness (QED) is 0.419. The van der Waals surface area contributed by atoms with Crippen LogP contribution in [0.25, 0.3) is 16.8 Å². The van der Waals surface area contributed by atoms with Gasteiger partial charge in [0, 0.05) is 24.0 Å². The molecule has 9 heteroatoms. The molecule has 130 valence electrons. The average molecular weight is 406 g/mol. The second-order valence-electron chi connectivity index (χ2n) is 5.47. The first-order valence-corrected chi connectivity index (χ1v) is 9.10. The van der Waals surface area contributed by atoms with Gasteiger partial charge in [0.15, 0.2) is 10.0 Å². The lowest BCUT2D eigenvalue weighted by atomic mass is 10.1. The van der Waals surface area contributed by atoms with Crippen molar-refractivity contribution in [1.82, 2.24) is 14.5 Å². The molecule has 4 heterocycles. The van der Waals surface area contributed by atoms with Crippen molar-refractivity contribution in [2.75, 3.05) is 0 Å². The van der Waals surface area contributed by atoms with Crippen LogP contribution in [0.1, 0.15) is 4.88 Å². The number of fused-ring (bicyclic) bond motifs is 1. The summed E-state index contributed by atoms with van der Waals surface area (Å²) in [5.41, 5.74) is 0.831. The molecule has 1 N–H and O–H groups in total. The van der Waals surface area contributed by atoms with Crippen molar-refractivity contribution in [2.45, 2.75) is 6.54 Å². The smallest absolute Gasteiger partial charge is 0.354 e. The Kier molecular flexibility index (Phi) is 4.36. The monoisotopic (exact) mass is 405 g/mol. The minimum Gasteiger partial charge on any atom is -0.477 e. The number of hydrogen-bond donors (Lipinski definition) is 1. The molecule has 0 spiro atoms. The van der Waals surface area contributed by atoms with Gasteiger partial charge in [-0.1, -0.05) is 29.3 Å². The lowest BCUT2D eigenvalue weighted by molar-refractivity contribution is -0.532. The molecule has 0 aliphatic heterocycles. The van der Waals surface area contributed by atoms with E-state index in [0.717, 1.165) is 4.88 Å². The Morgan fingerprint density at radius 1 is 1.23 bits per heavy atom. The summed E-state index contributed by atoms with van der Waals surface area (Å²) in [6.07, 6.45) is 4.79. The minimum absolute atomic E-state index is 0.147. The van der Waals surface area contributed by atoms with Gasteiger partial charge in [0.1, 0.15) is 11.7 Å². The summed E-state index contributed by atoms with van der Waals surface area (Å²) >= 11 is 13.2. The number of aromatic hydroxyl groups is 1. The number of pyridine rings is 2. The zero-order valence-electron chi connectivity index (χ0n) is 13.1. The molecule has 0 aliphatic rings. The van der Waals surface area contributed by atoms with Crippen LogP contribution in [0.2, 0.25) is 9.62 Å². The standard InChI is InChI=1S/C17H10Cl2N4O2S/c18-12-7-10(4-5-20-12)14-15(24)22-6-2-1-3-13(22)23(16(14)25)9-11-8-21-17(19)26-11/h1-8H,9H2/p+1. The molecule has 26 heavy (non-hydrogen) atoms. The molecule has 0 fully saturated rings. The summed E-state index contributed by atoms with van der Waals surface area (Å²) in [5.74, 6) is -0.159. The Balaban J connectivity index is 2.02. The number of aromatic nitrogens is 4. The summed E-state index contributed by atoms with van der Waals surface area (Å²) in [5, 5.41) is 11.2. The van der Waals surface area contributed by atoms with Gasteiger partial charge in [0.05, 0.1) is 11.1 Å². The number of thiazole rings is 1. The van der Waals surface area contributed by atoms with E-state index in [1.54, 1.807) is 47.3 Å². The molecule has 4 rings (SSSR count). The topological polar surface area (TPSA) is 72.1 Å². The fourth-order valence-corrected chi connectivity index (χ4v) is 3.91. The summed E-state index contributed by atoms with van der Waals surface area (Å²) in [7, 11) is 0. The molecule has 0 saturated carbocycles. The molecule has 0 bridgehead atoms. The summed E-state index contributed by atoms with van der Waals surface area (Å²) < 4.78 is 3.53. The van der Waals surface area contributed by atoms with Gasteiger partial charge in [-0.2, -0.15) is 8.97 Å². The van der Waals surface area contributed by atoms with Crippen LogP contribution in [-0.4, -0.2) is 19.6 Å². The number of rotatable bonds is 3. The Bertz CT molecular complexity index is 1190. The number of halogens is 2. The molecular formula is C17H11Cl2N4O2S+. The van der Waals surface area contributed by atoms with Gasteiger partial charge in [-0.15, -0.1) is 11.3 Å². The van der Waals surface area contributed by atoms with Crippen LogP contribution in [0.4, 0.5) is 0 Å². The fourth-order valence-electron chi connectivity index (χ4n) is 2.76. The maximum atomic E-state index is 13.0. The van der Waals surface area contributed by atoms with Crippen molar-refractivity contribution in [2.24, 2.45) is 0 Å². The van der Waals surface area contributed by atoms with Crippen LogP contribution in [0, 0.1) is 0 Å². The molecule has 6 nitrogen and oxygen atoms in total. The average Bonchev–Trinajstić information content (AvgIpc) is 3.04. The van der Waals surface area contributed by atoms with Crippen LogP contribution in [-0.2, 0) is 6.54 Å². The Morgan fingerprint density at radius 2 is 2.08 bits per heavy atom. The Labute approximate surface area is 161 Å². The van der Waals surface area contributed by atoms with Crippen LogP contribution >= 0.6 is 34.5 Å². The van der Waals surface area contributed by atoms with E-state index in [1.807, 2.05) is 0 Å². The molecule has 4 aromatic rings. The predicted octanol–water partition coefficient (Wildman–Crippen LogP) is 3.17. The largest absolute Gasteiger partial charge is 0.477 e. The first-order valence-electron chi connectivity index (χ1n) is 7.53. The molecular weight excluding hydrogens is 395 g/mol. The van der Waals surface area contributed by atoms with Crippen LogP contribution < -0.4 is 9.96 Å². The highest BCUT2D eigenvalue weighted by Gasteiger charge is 2.25. The van der Waals surface area contributed by atoms with E-state index in [1.165, 1.54) is 21.9 Å². The molecule has 0 aliphatic carbocycles. The molecule has 4 aromatic heterocycles. The highest BCUT2D eigenvalue weighted by atomic mass is 35.5. The van der Waals surface area contributed by atoms with Crippen molar-refractivity contribution in [3.8, 4) is 17.0 Å². The van der Waals surface area contributed by atoms with Gasteiger partial charge >= 0.3 is 5.56 Å². The van der Waals surface area contributed by atoms with Gasteiger partial charge in [0.2, 0.25) is 0 Å². The SMILES string of the molecule is O=c1c(-c2ccnc(Cl)c2)c(O)n(Cc2cnc(Cl)s2)c2cccc[n+]12. The van der Waals surface area contributed by atoms with E-state index in [2.05, 4.69) is 9.97 Å². The third-order valence-electron chi connectivity index (χ3n) is 3.88. The van der Waals surface area contributed by atoms with Crippen LogP contribution in [0.5, 0.6) is 5.88 Å². The van der Waals surface area contributed by atoms with Crippen molar-refractivity contribution >= 4 is 40.2 Å². The minimum atomic E-state index is -0.348. The van der Waals surface area contributed by atoms with Crippen molar-refractivity contribution in [1.29, 1.82) is 0 Å². The molecule has 0 atom stereocenters. The van der Waals surface area contributed by atoms with E-state index in [4.69, 9.17) is 23.2 Å². The maximum Gasteiger partial charge on any atom is 0.354 e. The third kappa shape index (κ3) is 2.94. The molecule has 0 radical (unpaired) electrons. The van der Waals surface area contributed by atoms with E-state index in [0.29, 0.717) is 22.2 Å². The third-order valence-corrected chi connectivity index (χ3v) is 5.19. The number of hydrogen-bond acceptors (Lipinski definition) is 5. The fraction of sp³-hybridized carbons (Fsp3) is 0.0588. The van der Waals surface area contributed by atoms with Crippen molar-refractivity contribution < 1.29 is 9.51 Å². The van der Waals surface area contributed by atoms with Gasteiger partial charge in [-0.3, -0.25) is 0 Å². The van der Waals surface area contributed by atoms with Crippen molar-refractivity contribution in [3.05, 3.63) is 73.8 Å². The van der Waals surface area contributed by atoms with Gasteiger partial charge in [-0.25, -0.2) is 14.8 Å². The summed E-state index contributed by atoms with van der Waals surface area (Å²) in [4.78, 5) is 21.8. The lowest BCUT2D eigenvalue weighted by Crippen LogP contribution is -2.43. The molecule has 0 unspecified atom stereocenters. The summed E-state index contributed by atoms with van der Waals surface area (Å²) in [6, 6.07) is 8.48. The van der Waals surface area contributed by atoms with Crippen LogP contribution in [0.15, 0.2) is 53.7 Å². The highest BCUT2D eigenvalue weighted by Crippen LogP contribution is 2.29. The zero-order valence-corrected chi connectivity index (χ0v) is 15.5. The number of nitrogens with zero attached hydrogens (tertiary/aromatic N) is 4. The van der Waals surface area contributed by atoms with Crippen LogP contribution in [0.3, 0.4) is 0 Å². The maximum absolute atomic E-state index is 13.0. The van der Waals surface area contributed by atoms with E-state index in [9.17, 15) is 9.90 Å². The van der Waals surface area contributed by atoms with Gasteiger partial charge in [0.25, 0.3) is 11.5 Å². The molecule has 0 saturated heterocycles. The summed E-state index contributed by atoms with van der Waals surface area (Å²) in [6.45, 7) is 0.315. The highest BCUT2D eigenvalue weighted by molar-refractivity contribution is 7.15.